The zero-order valence-electron chi connectivity index (χ0n) is 18.9. The lowest BCUT2D eigenvalue weighted by molar-refractivity contribution is 0.222. The standard InChI is InChI=1S/C26H29N5OS/c1-19-15-20-5-6-23(17-21(20)16-19)28-25-7-8-27-26(30-25)29-22-3-2-4-24(18-22)32-12-9-31-10-13-33-14-11-31/h2-8,16-18H,9-15H2,1H3,(H2,27,28,29,30). The van der Waals surface area contributed by atoms with E-state index in [1.54, 1.807) is 6.20 Å². The van der Waals surface area contributed by atoms with Crippen LogP contribution in [-0.4, -0.2) is 52.6 Å². The number of thioether (sulfide) groups is 1. The van der Waals surface area contributed by atoms with Crippen molar-refractivity contribution in [1.82, 2.24) is 14.9 Å². The van der Waals surface area contributed by atoms with E-state index in [0.29, 0.717) is 12.6 Å². The Bertz CT molecular complexity index is 1140. The predicted octanol–water partition coefficient (Wildman–Crippen LogP) is 5.35. The van der Waals surface area contributed by atoms with Gasteiger partial charge in [-0.2, -0.15) is 16.7 Å². The van der Waals surface area contributed by atoms with Gasteiger partial charge in [0.05, 0.1) is 0 Å². The number of hydrogen-bond acceptors (Lipinski definition) is 7. The number of anilines is 4. The number of fused-ring (bicyclic) bond motifs is 1. The van der Waals surface area contributed by atoms with Gasteiger partial charge in [0.15, 0.2) is 0 Å². The maximum Gasteiger partial charge on any atom is 0.229 e. The van der Waals surface area contributed by atoms with Crippen LogP contribution in [0.15, 0.2) is 60.3 Å². The Morgan fingerprint density at radius 1 is 1.03 bits per heavy atom. The van der Waals surface area contributed by atoms with Gasteiger partial charge in [-0.25, -0.2) is 4.98 Å². The van der Waals surface area contributed by atoms with Crippen molar-refractivity contribution >= 4 is 41.0 Å². The van der Waals surface area contributed by atoms with E-state index in [0.717, 1.165) is 49.0 Å². The average molecular weight is 460 g/mol. The third-order valence-corrected chi connectivity index (χ3v) is 6.76. The van der Waals surface area contributed by atoms with Crippen molar-refractivity contribution in [3.05, 3.63) is 71.4 Å². The molecule has 5 rings (SSSR count). The smallest absolute Gasteiger partial charge is 0.229 e. The number of nitrogens with one attached hydrogen (secondary N) is 2. The summed E-state index contributed by atoms with van der Waals surface area (Å²) < 4.78 is 5.99. The normalized spacial score (nSPS) is 15.6. The fraction of sp³-hybridized carbons (Fsp3) is 0.308. The van der Waals surface area contributed by atoms with E-state index in [-0.39, 0.29) is 0 Å². The number of ether oxygens (including phenoxy) is 1. The van der Waals surface area contributed by atoms with Gasteiger partial charge in [0.2, 0.25) is 5.95 Å². The molecule has 6 nitrogen and oxygen atoms in total. The Hall–Kier alpha value is -3.03. The second-order valence-electron chi connectivity index (χ2n) is 8.43. The van der Waals surface area contributed by atoms with Gasteiger partial charge in [0.25, 0.3) is 0 Å². The maximum atomic E-state index is 5.99. The first-order valence-electron chi connectivity index (χ1n) is 11.4. The van der Waals surface area contributed by atoms with E-state index < -0.39 is 0 Å². The van der Waals surface area contributed by atoms with Gasteiger partial charge in [-0.15, -0.1) is 0 Å². The summed E-state index contributed by atoms with van der Waals surface area (Å²) in [6.07, 6.45) is 5.04. The van der Waals surface area contributed by atoms with E-state index in [1.807, 2.05) is 42.1 Å². The zero-order chi connectivity index (χ0) is 22.5. The van der Waals surface area contributed by atoms with Crippen molar-refractivity contribution in [3.63, 3.8) is 0 Å². The minimum absolute atomic E-state index is 0.542. The lowest BCUT2D eigenvalue weighted by Crippen LogP contribution is -2.35. The number of hydrogen-bond donors (Lipinski definition) is 2. The van der Waals surface area contributed by atoms with E-state index in [4.69, 9.17) is 4.74 Å². The first-order valence-corrected chi connectivity index (χ1v) is 12.6. The Morgan fingerprint density at radius 3 is 2.82 bits per heavy atom. The summed E-state index contributed by atoms with van der Waals surface area (Å²) in [5.74, 6) is 4.58. The molecule has 33 heavy (non-hydrogen) atoms. The van der Waals surface area contributed by atoms with Crippen LogP contribution in [0.2, 0.25) is 0 Å². The SMILES string of the molecule is CC1=Cc2cc(Nc3ccnc(Nc4cccc(OCCN5CCSCC5)c4)n3)ccc2C1. The van der Waals surface area contributed by atoms with Crippen LogP contribution in [0.3, 0.4) is 0 Å². The van der Waals surface area contributed by atoms with Crippen LogP contribution < -0.4 is 15.4 Å². The Balaban J connectivity index is 1.19. The molecular formula is C26H29N5OS. The van der Waals surface area contributed by atoms with Crippen molar-refractivity contribution in [2.24, 2.45) is 0 Å². The summed E-state index contributed by atoms with van der Waals surface area (Å²) >= 11 is 2.03. The first kappa shape index (κ1) is 21.8. The molecule has 0 atom stereocenters. The van der Waals surface area contributed by atoms with Crippen molar-refractivity contribution in [2.45, 2.75) is 13.3 Å². The number of allylic oxidation sites excluding steroid dienone is 1. The average Bonchev–Trinajstić information content (AvgIpc) is 3.20. The van der Waals surface area contributed by atoms with Crippen LogP contribution in [0.5, 0.6) is 5.75 Å². The van der Waals surface area contributed by atoms with Gasteiger partial charge >= 0.3 is 0 Å². The molecule has 1 saturated heterocycles. The van der Waals surface area contributed by atoms with Crippen molar-refractivity contribution < 1.29 is 4.74 Å². The Kier molecular flexibility index (Phi) is 6.79. The summed E-state index contributed by atoms with van der Waals surface area (Å²) in [6, 6.07) is 16.3. The molecule has 1 aliphatic carbocycles. The molecule has 0 bridgehead atoms. The highest BCUT2D eigenvalue weighted by molar-refractivity contribution is 7.99. The number of nitrogens with zero attached hydrogens (tertiary/aromatic N) is 3. The highest BCUT2D eigenvalue weighted by Gasteiger charge is 2.11. The molecule has 2 N–H and O–H groups in total. The molecule has 2 aliphatic rings. The van der Waals surface area contributed by atoms with Crippen LogP contribution >= 0.6 is 11.8 Å². The topological polar surface area (TPSA) is 62.3 Å². The fourth-order valence-electron chi connectivity index (χ4n) is 4.13. The van der Waals surface area contributed by atoms with Gasteiger partial charge in [-0.05, 0) is 54.8 Å². The second kappa shape index (κ2) is 10.3. The molecule has 2 heterocycles. The molecule has 3 aromatic rings. The van der Waals surface area contributed by atoms with E-state index >= 15 is 0 Å². The zero-order valence-corrected chi connectivity index (χ0v) is 19.7. The molecule has 170 valence electrons. The van der Waals surface area contributed by atoms with Gasteiger partial charge < -0.3 is 15.4 Å². The first-order chi connectivity index (χ1) is 16.2. The third-order valence-electron chi connectivity index (χ3n) is 5.82. The highest BCUT2D eigenvalue weighted by Crippen LogP contribution is 2.28. The van der Waals surface area contributed by atoms with Crippen LogP contribution in [-0.2, 0) is 6.42 Å². The minimum Gasteiger partial charge on any atom is -0.492 e. The monoisotopic (exact) mass is 459 g/mol. The van der Waals surface area contributed by atoms with E-state index in [9.17, 15) is 0 Å². The molecule has 0 saturated carbocycles. The van der Waals surface area contributed by atoms with E-state index in [1.165, 1.54) is 28.2 Å². The third kappa shape index (κ3) is 5.86. The van der Waals surface area contributed by atoms with Gasteiger partial charge in [0.1, 0.15) is 18.2 Å². The van der Waals surface area contributed by atoms with Gasteiger partial charge in [-0.3, -0.25) is 4.90 Å². The lowest BCUT2D eigenvalue weighted by Gasteiger charge is -2.25. The maximum absolute atomic E-state index is 5.99. The molecule has 0 unspecified atom stereocenters. The van der Waals surface area contributed by atoms with Crippen molar-refractivity contribution in [1.29, 1.82) is 0 Å². The summed E-state index contributed by atoms with van der Waals surface area (Å²) in [6.45, 7) is 6.13. The number of rotatable bonds is 8. The molecule has 1 fully saturated rings. The quantitative estimate of drug-likeness (QED) is 0.471. The molecule has 0 spiro atoms. The van der Waals surface area contributed by atoms with E-state index in [2.05, 4.69) is 56.7 Å². The fourth-order valence-corrected chi connectivity index (χ4v) is 5.11. The summed E-state index contributed by atoms with van der Waals surface area (Å²) in [7, 11) is 0. The summed E-state index contributed by atoms with van der Waals surface area (Å²) in [5.41, 5.74) is 5.97. The summed E-state index contributed by atoms with van der Waals surface area (Å²) in [5, 5.41) is 6.69. The molecule has 0 amide bonds. The van der Waals surface area contributed by atoms with Crippen LogP contribution in [0.4, 0.5) is 23.1 Å². The number of aromatic nitrogens is 2. The number of benzene rings is 2. The van der Waals surface area contributed by atoms with Gasteiger partial charge in [-0.1, -0.05) is 23.8 Å². The van der Waals surface area contributed by atoms with Crippen molar-refractivity contribution in [3.8, 4) is 5.75 Å². The summed E-state index contributed by atoms with van der Waals surface area (Å²) in [4.78, 5) is 11.5. The predicted molar refractivity (Wildman–Crippen MR) is 138 cm³/mol. The highest BCUT2D eigenvalue weighted by atomic mass is 32.2. The minimum atomic E-state index is 0.542. The molecule has 1 aliphatic heterocycles. The molecule has 7 heteroatoms. The second-order valence-corrected chi connectivity index (χ2v) is 9.65. The molecule has 1 aromatic heterocycles. The molecule has 0 radical (unpaired) electrons. The van der Waals surface area contributed by atoms with Crippen LogP contribution in [0.25, 0.3) is 6.08 Å². The van der Waals surface area contributed by atoms with Crippen LogP contribution in [0.1, 0.15) is 18.1 Å². The van der Waals surface area contributed by atoms with Crippen molar-refractivity contribution in [2.75, 3.05) is 48.4 Å². The van der Waals surface area contributed by atoms with Crippen LogP contribution in [0, 0.1) is 0 Å². The Morgan fingerprint density at radius 2 is 1.91 bits per heavy atom. The van der Waals surface area contributed by atoms with Gasteiger partial charge in [0, 0.05) is 54.8 Å². The lowest BCUT2D eigenvalue weighted by atomic mass is 10.1. The largest absolute Gasteiger partial charge is 0.492 e. The molecule has 2 aromatic carbocycles. The molecular weight excluding hydrogens is 430 g/mol. The Labute approximate surface area is 199 Å².